The van der Waals surface area contributed by atoms with Crippen LogP contribution in [0, 0.1) is 45.3 Å². The quantitative estimate of drug-likeness (QED) is 0.165. The molecule has 296 valence electrons. The fourth-order valence-electron chi connectivity index (χ4n) is 16.1. The zero-order valence-corrected chi connectivity index (χ0v) is 34.1. The number of allylic oxidation sites excluding steroid dienone is 2. The molecule has 0 spiro atoms. The molecular formula is C48H63NO6. The number of hydrogen-bond donors (Lipinski definition) is 4. The predicted octanol–water partition coefficient (Wildman–Crippen LogP) is 8.58. The molecule has 7 fully saturated rings. The average molecular weight is 750 g/mol. The molecule has 55 heavy (non-hydrogen) atoms. The molecule has 1 aliphatic heterocycles. The number of aliphatic hydroxyl groups excluding tert-OH is 1. The molecule has 5 N–H and O–H groups in total. The summed E-state index contributed by atoms with van der Waals surface area (Å²) in [7, 11) is 0. The van der Waals surface area contributed by atoms with Crippen molar-refractivity contribution >= 4 is 17.3 Å². The summed E-state index contributed by atoms with van der Waals surface area (Å²) in [6.45, 7) is 15.4. The first-order valence-corrected chi connectivity index (χ1v) is 21.3. The highest BCUT2D eigenvalue weighted by Crippen LogP contribution is 2.79. The number of rotatable bonds is 7. The SMILES string of the molecule is CC(CC(O)C1OC1(C)C1CCCC1c1cccc(N)c1)C1=C2CCC3C4(C)CC5(c6cccc(O)c6)CCC(O)(CC3(C)C2(C)CC1=O)C4C(C)(C)C5=O. The third-order valence-corrected chi connectivity index (χ3v) is 17.9. The number of fused-ring (bicyclic) bond motifs is 5. The van der Waals surface area contributed by atoms with Crippen LogP contribution >= 0.6 is 0 Å². The Balaban J connectivity index is 1.01. The second-order valence-electron chi connectivity index (χ2n) is 21.2. The summed E-state index contributed by atoms with van der Waals surface area (Å²) < 4.78 is 6.46. The number of phenols is 1. The van der Waals surface area contributed by atoms with Crippen LogP contribution in [0.4, 0.5) is 5.69 Å². The van der Waals surface area contributed by atoms with Crippen LogP contribution in [0.5, 0.6) is 5.75 Å². The number of benzene rings is 2. The minimum atomic E-state index is -1.08. The lowest BCUT2D eigenvalue weighted by atomic mass is 9.32. The number of Topliss-reactive ketones (excluding diaryl/α,β-unsaturated/α-hetero) is 2. The van der Waals surface area contributed by atoms with Gasteiger partial charge < -0.3 is 25.8 Å². The lowest BCUT2D eigenvalue weighted by Crippen LogP contribution is -2.71. The van der Waals surface area contributed by atoms with Crippen molar-refractivity contribution in [1.82, 2.24) is 0 Å². The molecule has 6 saturated carbocycles. The summed E-state index contributed by atoms with van der Waals surface area (Å²) in [5.74, 6) is 1.06. The van der Waals surface area contributed by atoms with Gasteiger partial charge in [0.25, 0.3) is 0 Å². The molecule has 2 aromatic carbocycles. The third-order valence-electron chi connectivity index (χ3n) is 17.9. The monoisotopic (exact) mass is 749 g/mol. The van der Waals surface area contributed by atoms with E-state index in [0.29, 0.717) is 50.4 Å². The van der Waals surface area contributed by atoms with Crippen LogP contribution in [0.2, 0.25) is 0 Å². The molecule has 8 aliphatic rings. The summed E-state index contributed by atoms with van der Waals surface area (Å²) in [6, 6.07) is 15.5. The maximum Gasteiger partial charge on any atom is 0.159 e. The molecule has 10 rings (SSSR count). The Labute approximate surface area is 327 Å². The van der Waals surface area contributed by atoms with E-state index in [1.54, 1.807) is 12.1 Å². The number of carbonyl (C=O) groups excluding carboxylic acids is 2. The molecule has 7 nitrogen and oxygen atoms in total. The molecule has 0 aromatic heterocycles. The Morgan fingerprint density at radius 1 is 0.945 bits per heavy atom. The van der Waals surface area contributed by atoms with E-state index in [1.807, 2.05) is 24.3 Å². The van der Waals surface area contributed by atoms with Crippen LogP contribution in [0.3, 0.4) is 0 Å². The van der Waals surface area contributed by atoms with Gasteiger partial charge in [-0.2, -0.15) is 0 Å². The van der Waals surface area contributed by atoms with Gasteiger partial charge in [-0.25, -0.2) is 0 Å². The molecule has 7 aliphatic carbocycles. The summed E-state index contributed by atoms with van der Waals surface area (Å²) in [5, 5.41) is 35.6. The summed E-state index contributed by atoms with van der Waals surface area (Å²) in [6.07, 6.45) is 7.20. The fourth-order valence-corrected chi connectivity index (χ4v) is 16.1. The van der Waals surface area contributed by atoms with E-state index in [0.717, 1.165) is 48.9 Å². The van der Waals surface area contributed by atoms with Crippen molar-refractivity contribution in [2.45, 2.75) is 154 Å². The molecule has 13 unspecified atom stereocenters. The number of anilines is 1. The Kier molecular flexibility index (Phi) is 8.05. The van der Waals surface area contributed by atoms with E-state index in [2.05, 4.69) is 60.6 Å². The number of epoxide rings is 1. The van der Waals surface area contributed by atoms with Gasteiger partial charge in [0.15, 0.2) is 5.78 Å². The first kappa shape index (κ1) is 37.6. The standard InChI is InChI=1S/C48H63NO6/c1-27(21-35(51)39-46(7,55-39)33-16-10-15-32(33)28-11-8-13-30(49)22-28)38-34-17-18-37-43(4)25-47(29-12-9-14-31(50)23-29)19-20-48(54,40(43)42(2,3)41(47)53)26-45(37,6)44(34,5)24-36(38)52/h8-9,11-14,22-23,27,32-33,35,37,39-40,50-51,54H,10,15-21,24-26,49H2,1-7H3. The van der Waals surface area contributed by atoms with E-state index < -0.39 is 33.6 Å². The van der Waals surface area contributed by atoms with Gasteiger partial charge in [-0.1, -0.05) is 77.8 Å². The van der Waals surface area contributed by atoms with Crippen LogP contribution in [0.1, 0.15) is 136 Å². The van der Waals surface area contributed by atoms with Crippen molar-refractivity contribution in [2.24, 2.45) is 45.3 Å². The molecule has 0 radical (unpaired) electrons. The normalized spacial score (nSPS) is 45.2. The minimum absolute atomic E-state index is 0.118. The highest BCUT2D eigenvalue weighted by molar-refractivity contribution is 6.01. The van der Waals surface area contributed by atoms with Crippen LogP contribution in [0.15, 0.2) is 59.7 Å². The van der Waals surface area contributed by atoms with Gasteiger partial charge in [0.05, 0.1) is 22.7 Å². The van der Waals surface area contributed by atoms with Gasteiger partial charge in [0.2, 0.25) is 0 Å². The second-order valence-corrected chi connectivity index (χ2v) is 21.2. The first-order chi connectivity index (χ1) is 25.7. The number of ketones is 2. The van der Waals surface area contributed by atoms with E-state index >= 15 is 0 Å². The fraction of sp³-hybridized carbons (Fsp3) is 0.667. The van der Waals surface area contributed by atoms with Crippen LogP contribution < -0.4 is 5.73 Å². The largest absolute Gasteiger partial charge is 0.508 e. The maximum atomic E-state index is 14.8. The Morgan fingerprint density at radius 3 is 2.42 bits per heavy atom. The molecule has 4 bridgehead atoms. The van der Waals surface area contributed by atoms with E-state index in [1.165, 1.54) is 11.1 Å². The van der Waals surface area contributed by atoms with Gasteiger partial charge in [0.1, 0.15) is 17.6 Å². The zero-order valence-electron chi connectivity index (χ0n) is 34.1. The summed E-state index contributed by atoms with van der Waals surface area (Å²) >= 11 is 0. The number of phenolic OH excluding ortho intramolecular Hbond substituents is 1. The molecule has 1 saturated heterocycles. The topological polar surface area (TPSA) is 133 Å². The van der Waals surface area contributed by atoms with E-state index in [9.17, 15) is 24.9 Å². The highest BCUT2D eigenvalue weighted by Gasteiger charge is 2.78. The van der Waals surface area contributed by atoms with E-state index in [-0.39, 0.29) is 52.0 Å². The third kappa shape index (κ3) is 4.91. The molecule has 2 aromatic rings. The number of ether oxygens (including phenoxy) is 1. The highest BCUT2D eigenvalue weighted by atomic mass is 16.6. The Bertz CT molecular complexity index is 2000. The zero-order chi connectivity index (χ0) is 39.3. The van der Waals surface area contributed by atoms with Crippen LogP contribution in [-0.4, -0.2) is 50.3 Å². The number of aliphatic hydroxyl groups is 2. The maximum absolute atomic E-state index is 14.8. The van der Waals surface area contributed by atoms with Crippen molar-refractivity contribution < 1.29 is 29.6 Å². The first-order valence-electron chi connectivity index (χ1n) is 21.3. The minimum Gasteiger partial charge on any atom is -0.508 e. The number of aromatic hydroxyl groups is 1. The van der Waals surface area contributed by atoms with Crippen molar-refractivity contribution in [3.05, 3.63) is 70.8 Å². The van der Waals surface area contributed by atoms with Gasteiger partial charge >= 0.3 is 0 Å². The molecule has 0 amide bonds. The van der Waals surface area contributed by atoms with Gasteiger partial charge in [-0.3, -0.25) is 9.59 Å². The number of nitrogen functional groups attached to an aromatic ring is 1. The molecular weight excluding hydrogens is 687 g/mol. The Morgan fingerprint density at radius 2 is 1.69 bits per heavy atom. The van der Waals surface area contributed by atoms with Crippen LogP contribution in [0.25, 0.3) is 0 Å². The van der Waals surface area contributed by atoms with Crippen molar-refractivity contribution in [3.8, 4) is 5.75 Å². The molecule has 7 heteroatoms. The second kappa shape index (κ2) is 11.8. The van der Waals surface area contributed by atoms with Crippen LogP contribution in [-0.2, 0) is 19.7 Å². The summed E-state index contributed by atoms with van der Waals surface area (Å²) in [4.78, 5) is 29.2. The van der Waals surface area contributed by atoms with Gasteiger partial charge in [-0.15, -0.1) is 0 Å². The smallest absolute Gasteiger partial charge is 0.159 e. The number of hydrogen-bond acceptors (Lipinski definition) is 7. The molecule has 13 atom stereocenters. The lowest BCUT2D eigenvalue weighted by Gasteiger charge is -2.72. The lowest BCUT2D eigenvalue weighted by molar-refractivity contribution is -0.252. The van der Waals surface area contributed by atoms with Crippen molar-refractivity contribution in [2.75, 3.05) is 5.73 Å². The van der Waals surface area contributed by atoms with Gasteiger partial charge in [0, 0.05) is 28.9 Å². The summed E-state index contributed by atoms with van der Waals surface area (Å²) in [5.41, 5.74) is 6.96. The number of nitrogens with two attached hydrogens (primary N) is 1. The average Bonchev–Trinajstić information content (AvgIpc) is 3.45. The van der Waals surface area contributed by atoms with Crippen molar-refractivity contribution in [1.29, 1.82) is 0 Å². The van der Waals surface area contributed by atoms with E-state index in [4.69, 9.17) is 10.5 Å². The van der Waals surface area contributed by atoms with Crippen molar-refractivity contribution in [3.63, 3.8) is 0 Å². The number of carbonyl (C=O) groups is 2. The predicted molar refractivity (Wildman–Crippen MR) is 213 cm³/mol. The molecule has 1 heterocycles. The Hall–Kier alpha value is -3.00. The van der Waals surface area contributed by atoms with Gasteiger partial charge in [-0.05, 0) is 140 Å².